The van der Waals surface area contributed by atoms with Crippen molar-refractivity contribution in [1.29, 1.82) is 0 Å². The van der Waals surface area contributed by atoms with E-state index >= 15 is 0 Å². The van der Waals surface area contributed by atoms with E-state index in [4.69, 9.17) is 9.47 Å². The van der Waals surface area contributed by atoms with Crippen molar-refractivity contribution in [3.63, 3.8) is 0 Å². The molecule has 1 heterocycles. The number of halogens is 1. The normalized spacial score (nSPS) is 13.2. The number of rotatable bonds is 10. The molecule has 0 saturated carbocycles. The van der Waals surface area contributed by atoms with Crippen LogP contribution in [0.15, 0.2) is 72.8 Å². The lowest BCUT2D eigenvalue weighted by Crippen LogP contribution is -2.51. The molecular formula is C30H33FN2O4. The fourth-order valence-electron chi connectivity index (χ4n) is 4.36. The quantitative estimate of drug-likeness (QED) is 0.435. The Bertz CT molecular complexity index is 1200. The fourth-order valence-corrected chi connectivity index (χ4v) is 4.36. The number of amides is 2. The number of ether oxygens (including phenoxy) is 2. The van der Waals surface area contributed by atoms with E-state index in [1.54, 1.807) is 17.0 Å². The van der Waals surface area contributed by atoms with E-state index in [1.165, 1.54) is 12.1 Å². The van der Waals surface area contributed by atoms with E-state index in [0.29, 0.717) is 37.6 Å². The van der Waals surface area contributed by atoms with Gasteiger partial charge < -0.3 is 19.7 Å². The summed E-state index contributed by atoms with van der Waals surface area (Å²) >= 11 is 0. The van der Waals surface area contributed by atoms with Crippen LogP contribution in [0.25, 0.3) is 0 Å². The number of benzene rings is 3. The molecule has 0 unspecified atom stereocenters. The van der Waals surface area contributed by atoms with Crippen LogP contribution in [-0.2, 0) is 29.0 Å². The Hall–Kier alpha value is -3.87. The third-order valence-electron chi connectivity index (χ3n) is 6.20. The molecule has 0 saturated heterocycles. The first-order chi connectivity index (χ1) is 17.9. The first-order valence-corrected chi connectivity index (χ1v) is 12.7. The van der Waals surface area contributed by atoms with Crippen molar-refractivity contribution >= 4 is 11.8 Å². The SMILES string of the molecule is CC(C)NC(=O)[C@H](Cc1ccccc1)N(Cc1ccc(F)cc1)C(=O)CCc1ccc2c(c1)OCCO2. The number of fused-ring (bicyclic) bond motifs is 1. The Kier molecular flexibility index (Phi) is 8.77. The lowest BCUT2D eigenvalue weighted by Gasteiger charge is -2.32. The summed E-state index contributed by atoms with van der Waals surface area (Å²) in [6.45, 7) is 5.00. The summed E-state index contributed by atoms with van der Waals surface area (Å²) in [6, 6.07) is 20.6. The number of aryl methyl sites for hydroxylation is 1. The molecule has 0 spiro atoms. The van der Waals surface area contributed by atoms with Crippen LogP contribution in [0.5, 0.6) is 11.5 Å². The topological polar surface area (TPSA) is 67.9 Å². The van der Waals surface area contributed by atoms with Crippen molar-refractivity contribution in [2.45, 2.75) is 51.7 Å². The molecule has 1 N–H and O–H groups in total. The lowest BCUT2D eigenvalue weighted by atomic mass is 10.0. The second-order valence-electron chi connectivity index (χ2n) is 9.49. The predicted octanol–water partition coefficient (Wildman–Crippen LogP) is 4.69. The minimum Gasteiger partial charge on any atom is -0.486 e. The van der Waals surface area contributed by atoms with E-state index in [2.05, 4.69) is 5.32 Å². The Labute approximate surface area is 217 Å². The average molecular weight is 505 g/mol. The summed E-state index contributed by atoms with van der Waals surface area (Å²) < 4.78 is 24.8. The van der Waals surface area contributed by atoms with E-state index in [9.17, 15) is 14.0 Å². The largest absolute Gasteiger partial charge is 0.486 e. The first-order valence-electron chi connectivity index (χ1n) is 12.7. The van der Waals surface area contributed by atoms with Gasteiger partial charge in [-0.25, -0.2) is 4.39 Å². The molecule has 3 aromatic rings. The lowest BCUT2D eigenvalue weighted by molar-refractivity contribution is -0.141. The number of hydrogen-bond acceptors (Lipinski definition) is 4. The minimum atomic E-state index is -0.720. The molecule has 3 aromatic carbocycles. The highest BCUT2D eigenvalue weighted by molar-refractivity contribution is 5.88. The number of carbonyl (C=O) groups excluding carboxylic acids is 2. The van der Waals surface area contributed by atoms with Gasteiger partial charge >= 0.3 is 0 Å². The maximum absolute atomic E-state index is 13.7. The molecule has 4 rings (SSSR count). The van der Waals surface area contributed by atoms with Gasteiger partial charge in [-0.05, 0) is 61.2 Å². The van der Waals surface area contributed by atoms with Crippen LogP contribution in [0.2, 0.25) is 0 Å². The summed E-state index contributed by atoms with van der Waals surface area (Å²) in [6.07, 6.45) is 1.07. The number of carbonyl (C=O) groups is 2. The smallest absolute Gasteiger partial charge is 0.243 e. The highest BCUT2D eigenvalue weighted by Gasteiger charge is 2.30. The van der Waals surface area contributed by atoms with E-state index in [1.807, 2.05) is 62.4 Å². The molecule has 37 heavy (non-hydrogen) atoms. The molecule has 7 heteroatoms. The van der Waals surface area contributed by atoms with Gasteiger partial charge in [0.05, 0.1) is 0 Å². The molecule has 194 valence electrons. The highest BCUT2D eigenvalue weighted by atomic mass is 19.1. The van der Waals surface area contributed by atoms with Gasteiger partial charge in [0.1, 0.15) is 25.1 Å². The second kappa shape index (κ2) is 12.4. The third-order valence-corrected chi connectivity index (χ3v) is 6.20. The van der Waals surface area contributed by atoms with Crippen LogP contribution in [0.4, 0.5) is 4.39 Å². The van der Waals surface area contributed by atoms with Gasteiger partial charge in [-0.3, -0.25) is 9.59 Å². The van der Waals surface area contributed by atoms with Crippen molar-refractivity contribution in [3.8, 4) is 11.5 Å². The maximum atomic E-state index is 13.7. The van der Waals surface area contributed by atoms with Crippen molar-refractivity contribution in [2.75, 3.05) is 13.2 Å². The first kappa shape index (κ1) is 26.2. The van der Waals surface area contributed by atoms with Gasteiger partial charge in [0.25, 0.3) is 0 Å². The maximum Gasteiger partial charge on any atom is 0.243 e. The molecule has 0 bridgehead atoms. The van der Waals surface area contributed by atoms with Crippen molar-refractivity contribution < 1.29 is 23.5 Å². The summed E-state index contributed by atoms with van der Waals surface area (Å²) in [4.78, 5) is 28.7. The number of nitrogens with zero attached hydrogens (tertiary/aromatic N) is 1. The van der Waals surface area contributed by atoms with E-state index in [-0.39, 0.29) is 36.6 Å². The number of hydrogen-bond donors (Lipinski definition) is 1. The van der Waals surface area contributed by atoms with Crippen LogP contribution in [0, 0.1) is 5.82 Å². The minimum absolute atomic E-state index is 0.0775. The number of nitrogens with one attached hydrogen (secondary N) is 1. The summed E-state index contributed by atoms with van der Waals surface area (Å²) in [7, 11) is 0. The van der Waals surface area contributed by atoms with Crippen LogP contribution >= 0.6 is 0 Å². The van der Waals surface area contributed by atoms with Crippen LogP contribution in [-0.4, -0.2) is 42.0 Å². The van der Waals surface area contributed by atoms with E-state index < -0.39 is 6.04 Å². The zero-order valence-electron chi connectivity index (χ0n) is 21.3. The van der Waals surface area contributed by atoms with Gasteiger partial charge in [-0.2, -0.15) is 0 Å². The molecule has 0 aromatic heterocycles. The molecule has 0 fully saturated rings. The molecule has 1 aliphatic heterocycles. The van der Waals surface area contributed by atoms with E-state index in [0.717, 1.165) is 16.7 Å². The molecule has 1 atom stereocenters. The van der Waals surface area contributed by atoms with Gasteiger partial charge in [0.15, 0.2) is 11.5 Å². The Morgan fingerprint density at radius 2 is 1.57 bits per heavy atom. The molecule has 2 amide bonds. The summed E-state index contributed by atoms with van der Waals surface area (Å²) in [5.74, 6) is 0.663. The van der Waals surface area contributed by atoms with Gasteiger partial charge in [-0.1, -0.05) is 48.5 Å². The molecular weight excluding hydrogens is 471 g/mol. The summed E-state index contributed by atoms with van der Waals surface area (Å²) in [5.41, 5.74) is 2.66. The standard InChI is InChI=1S/C30H33FN2O4/c1-21(2)32-30(35)26(18-22-6-4-3-5-7-22)33(20-24-8-12-25(31)13-9-24)29(34)15-11-23-10-14-27-28(19-23)37-17-16-36-27/h3-10,12-14,19,21,26H,11,15-18,20H2,1-2H3,(H,32,35)/t26-/m0/s1. The summed E-state index contributed by atoms with van der Waals surface area (Å²) in [5, 5.41) is 2.98. The van der Waals surface area contributed by atoms with Crippen molar-refractivity contribution in [2.24, 2.45) is 0 Å². The van der Waals surface area contributed by atoms with Crippen LogP contribution in [0.1, 0.15) is 37.0 Å². The predicted molar refractivity (Wildman–Crippen MR) is 140 cm³/mol. The molecule has 6 nitrogen and oxygen atoms in total. The highest BCUT2D eigenvalue weighted by Crippen LogP contribution is 2.31. The van der Waals surface area contributed by atoms with Gasteiger partial charge in [-0.15, -0.1) is 0 Å². The van der Waals surface area contributed by atoms with Gasteiger partial charge in [0.2, 0.25) is 11.8 Å². The molecule has 0 radical (unpaired) electrons. The van der Waals surface area contributed by atoms with Crippen LogP contribution in [0.3, 0.4) is 0 Å². The molecule has 1 aliphatic rings. The Morgan fingerprint density at radius 3 is 2.27 bits per heavy atom. The van der Waals surface area contributed by atoms with Gasteiger partial charge in [0, 0.05) is 25.4 Å². The molecule has 0 aliphatic carbocycles. The second-order valence-corrected chi connectivity index (χ2v) is 9.49. The Morgan fingerprint density at radius 1 is 0.892 bits per heavy atom. The van der Waals surface area contributed by atoms with Crippen molar-refractivity contribution in [1.82, 2.24) is 10.2 Å². The third kappa shape index (κ3) is 7.32. The monoisotopic (exact) mass is 504 g/mol. The fraction of sp³-hybridized carbons (Fsp3) is 0.333. The van der Waals surface area contributed by atoms with Crippen molar-refractivity contribution in [3.05, 3.63) is 95.3 Å². The average Bonchev–Trinajstić information content (AvgIpc) is 2.90. The van der Waals surface area contributed by atoms with Crippen LogP contribution < -0.4 is 14.8 Å². The zero-order chi connectivity index (χ0) is 26.2. The zero-order valence-corrected chi connectivity index (χ0v) is 21.3. The Balaban J connectivity index is 1.58.